The summed E-state index contributed by atoms with van der Waals surface area (Å²) in [5.74, 6) is 0.392. The third-order valence-corrected chi connectivity index (χ3v) is 4.24. The van der Waals surface area contributed by atoms with Crippen molar-refractivity contribution in [2.75, 3.05) is 24.6 Å². The van der Waals surface area contributed by atoms with Gasteiger partial charge in [0.05, 0.1) is 0 Å². The number of aliphatic hydroxyl groups excluding tert-OH is 1. The standard InChI is InChI=1S/C12H15N3OS/c16-8-9-3-2-6-15(7-9)12-14-10-4-1-5-13-11(10)17-12/h1,4-5,9,16H,2-3,6-8H2. The zero-order valence-corrected chi connectivity index (χ0v) is 10.4. The minimum Gasteiger partial charge on any atom is -0.396 e. The second-order valence-corrected chi connectivity index (χ2v) is 5.42. The first-order valence-electron chi connectivity index (χ1n) is 5.94. The number of thiazole rings is 1. The maximum absolute atomic E-state index is 9.24. The van der Waals surface area contributed by atoms with Crippen LogP contribution in [0.25, 0.3) is 10.3 Å². The summed E-state index contributed by atoms with van der Waals surface area (Å²) in [5.41, 5.74) is 0.971. The van der Waals surface area contributed by atoms with E-state index in [4.69, 9.17) is 0 Å². The average Bonchev–Trinajstić information content (AvgIpc) is 2.82. The molecule has 2 aromatic heterocycles. The van der Waals surface area contributed by atoms with E-state index in [1.54, 1.807) is 17.5 Å². The Kier molecular flexibility index (Phi) is 2.94. The highest BCUT2D eigenvalue weighted by atomic mass is 32.1. The number of fused-ring (bicyclic) bond motifs is 1. The van der Waals surface area contributed by atoms with Gasteiger partial charge < -0.3 is 10.0 Å². The van der Waals surface area contributed by atoms with Crippen molar-refractivity contribution < 1.29 is 5.11 Å². The molecule has 3 heterocycles. The molecule has 0 radical (unpaired) electrons. The van der Waals surface area contributed by atoms with Gasteiger partial charge in [-0.3, -0.25) is 0 Å². The Morgan fingerprint density at radius 3 is 3.29 bits per heavy atom. The van der Waals surface area contributed by atoms with Crippen LogP contribution in [0.15, 0.2) is 18.3 Å². The molecule has 17 heavy (non-hydrogen) atoms. The molecule has 1 unspecified atom stereocenters. The Labute approximate surface area is 104 Å². The number of hydrogen-bond acceptors (Lipinski definition) is 5. The zero-order valence-electron chi connectivity index (χ0n) is 9.54. The van der Waals surface area contributed by atoms with Crippen LogP contribution in [0.2, 0.25) is 0 Å². The zero-order chi connectivity index (χ0) is 11.7. The highest BCUT2D eigenvalue weighted by Gasteiger charge is 2.21. The molecule has 1 fully saturated rings. The number of pyridine rings is 1. The van der Waals surface area contributed by atoms with Gasteiger partial charge >= 0.3 is 0 Å². The van der Waals surface area contributed by atoms with E-state index in [1.807, 2.05) is 12.1 Å². The van der Waals surface area contributed by atoms with E-state index in [0.29, 0.717) is 5.92 Å². The smallest absolute Gasteiger partial charge is 0.187 e. The van der Waals surface area contributed by atoms with Gasteiger partial charge in [0.2, 0.25) is 0 Å². The van der Waals surface area contributed by atoms with Crippen LogP contribution < -0.4 is 4.90 Å². The molecule has 0 amide bonds. The van der Waals surface area contributed by atoms with Crippen LogP contribution in [0.5, 0.6) is 0 Å². The molecule has 0 aliphatic carbocycles. The Bertz CT molecular complexity index is 480. The van der Waals surface area contributed by atoms with Crippen molar-refractivity contribution >= 4 is 26.8 Å². The molecular weight excluding hydrogens is 234 g/mol. The molecule has 4 nitrogen and oxygen atoms in total. The summed E-state index contributed by atoms with van der Waals surface area (Å²) in [5, 5.41) is 10.3. The second-order valence-electron chi connectivity index (χ2n) is 4.46. The molecule has 0 bridgehead atoms. The van der Waals surface area contributed by atoms with Crippen LogP contribution >= 0.6 is 11.3 Å². The Balaban J connectivity index is 1.87. The molecule has 1 aliphatic heterocycles. The SMILES string of the molecule is OCC1CCCN(c2nc3cccnc3s2)C1. The largest absolute Gasteiger partial charge is 0.396 e. The first-order chi connectivity index (χ1) is 8.36. The number of aromatic nitrogens is 2. The number of rotatable bonds is 2. The maximum Gasteiger partial charge on any atom is 0.187 e. The molecule has 2 aromatic rings. The first-order valence-corrected chi connectivity index (χ1v) is 6.76. The van der Waals surface area contributed by atoms with E-state index in [1.165, 1.54) is 0 Å². The van der Waals surface area contributed by atoms with Crippen molar-refractivity contribution in [1.29, 1.82) is 0 Å². The lowest BCUT2D eigenvalue weighted by Crippen LogP contribution is -2.36. The summed E-state index contributed by atoms with van der Waals surface area (Å²) >= 11 is 1.64. The van der Waals surface area contributed by atoms with Crippen molar-refractivity contribution in [1.82, 2.24) is 9.97 Å². The predicted octanol–water partition coefficient (Wildman–Crippen LogP) is 1.90. The summed E-state index contributed by atoms with van der Waals surface area (Å²) in [6.07, 6.45) is 4.06. The fourth-order valence-corrected chi connectivity index (χ4v) is 3.23. The van der Waals surface area contributed by atoms with Crippen molar-refractivity contribution in [3.8, 4) is 0 Å². The molecule has 1 atom stereocenters. The van der Waals surface area contributed by atoms with E-state index in [2.05, 4.69) is 14.9 Å². The fraction of sp³-hybridized carbons (Fsp3) is 0.500. The molecule has 3 rings (SSSR count). The third-order valence-electron chi connectivity index (χ3n) is 3.20. The Morgan fingerprint density at radius 1 is 1.53 bits per heavy atom. The van der Waals surface area contributed by atoms with Crippen molar-refractivity contribution in [2.45, 2.75) is 12.8 Å². The first kappa shape index (κ1) is 10.9. The summed E-state index contributed by atoms with van der Waals surface area (Å²) in [6.45, 7) is 2.23. The fourth-order valence-electron chi connectivity index (χ4n) is 2.28. The van der Waals surface area contributed by atoms with Crippen LogP contribution in [0.1, 0.15) is 12.8 Å². The second kappa shape index (κ2) is 4.58. The quantitative estimate of drug-likeness (QED) is 0.883. The van der Waals surface area contributed by atoms with E-state index < -0.39 is 0 Å². The lowest BCUT2D eigenvalue weighted by Gasteiger charge is -2.31. The van der Waals surface area contributed by atoms with Gasteiger partial charge in [-0.05, 0) is 30.9 Å². The van der Waals surface area contributed by atoms with Gasteiger partial charge in [0.1, 0.15) is 10.3 Å². The minimum absolute atomic E-state index is 0.277. The van der Waals surface area contributed by atoms with Gasteiger partial charge in [-0.25, -0.2) is 9.97 Å². The molecule has 0 spiro atoms. The molecule has 90 valence electrons. The molecular formula is C12H15N3OS. The van der Waals surface area contributed by atoms with Crippen LogP contribution in [0.3, 0.4) is 0 Å². The van der Waals surface area contributed by atoms with Gasteiger partial charge in [0.15, 0.2) is 5.13 Å². The van der Waals surface area contributed by atoms with Gasteiger partial charge in [0, 0.05) is 25.9 Å². The van der Waals surface area contributed by atoms with Crippen LogP contribution in [-0.4, -0.2) is 34.8 Å². The van der Waals surface area contributed by atoms with E-state index >= 15 is 0 Å². The van der Waals surface area contributed by atoms with E-state index in [9.17, 15) is 5.11 Å². The number of nitrogens with zero attached hydrogens (tertiary/aromatic N) is 3. The molecule has 5 heteroatoms. The lowest BCUT2D eigenvalue weighted by atomic mass is 10.00. The normalized spacial score (nSPS) is 21.0. The van der Waals surface area contributed by atoms with Crippen LogP contribution in [0, 0.1) is 5.92 Å². The average molecular weight is 249 g/mol. The molecule has 0 aromatic carbocycles. The van der Waals surface area contributed by atoms with E-state index in [-0.39, 0.29) is 6.61 Å². The Morgan fingerprint density at radius 2 is 2.47 bits per heavy atom. The summed E-state index contributed by atoms with van der Waals surface area (Å²) in [6, 6.07) is 3.91. The van der Waals surface area contributed by atoms with Crippen molar-refractivity contribution in [3.63, 3.8) is 0 Å². The lowest BCUT2D eigenvalue weighted by molar-refractivity contribution is 0.208. The summed E-state index contributed by atoms with van der Waals surface area (Å²) < 4.78 is 0. The van der Waals surface area contributed by atoms with Crippen LogP contribution in [-0.2, 0) is 0 Å². The van der Waals surface area contributed by atoms with Crippen LogP contribution in [0.4, 0.5) is 5.13 Å². The summed E-state index contributed by atoms with van der Waals surface area (Å²) in [7, 11) is 0. The maximum atomic E-state index is 9.24. The summed E-state index contributed by atoms with van der Waals surface area (Å²) in [4.78, 5) is 12.2. The topological polar surface area (TPSA) is 49.2 Å². The van der Waals surface area contributed by atoms with Crippen molar-refractivity contribution in [2.24, 2.45) is 5.92 Å². The highest BCUT2D eigenvalue weighted by Crippen LogP contribution is 2.30. The van der Waals surface area contributed by atoms with Gasteiger partial charge in [-0.2, -0.15) is 0 Å². The number of aliphatic hydroxyl groups is 1. The number of hydrogen-bond donors (Lipinski definition) is 1. The predicted molar refractivity (Wildman–Crippen MR) is 69.4 cm³/mol. The van der Waals surface area contributed by atoms with Gasteiger partial charge in [-0.15, -0.1) is 0 Å². The minimum atomic E-state index is 0.277. The highest BCUT2D eigenvalue weighted by molar-refractivity contribution is 7.21. The molecule has 1 aliphatic rings. The number of piperidine rings is 1. The Hall–Kier alpha value is -1.20. The molecule has 1 saturated heterocycles. The third kappa shape index (κ3) is 2.12. The molecule has 0 saturated carbocycles. The van der Waals surface area contributed by atoms with Crippen molar-refractivity contribution in [3.05, 3.63) is 18.3 Å². The number of anilines is 1. The molecule has 1 N–H and O–H groups in total. The monoisotopic (exact) mass is 249 g/mol. The van der Waals surface area contributed by atoms with Gasteiger partial charge in [-0.1, -0.05) is 11.3 Å². The van der Waals surface area contributed by atoms with Gasteiger partial charge in [0.25, 0.3) is 0 Å². The van der Waals surface area contributed by atoms with E-state index in [0.717, 1.165) is 41.4 Å².